The van der Waals surface area contributed by atoms with E-state index in [9.17, 15) is 4.79 Å². The third-order valence-corrected chi connectivity index (χ3v) is 5.92. The van der Waals surface area contributed by atoms with Crippen LogP contribution in [-0.2, 0) is 6.42 Å². The maximum absolute atomic E-state index is 13.0. The number of H-pyrrole nitrogens is 1. The first kappa shape index (κ1) is 21.0. The topological polar surface area (TPSA) is 94.1 Å². The van der Waals surface area contributed by atoms with Gasteiger partial charge in [0.15, 0.2) is 11.5 Å². The lowest BCUT2D eigenvalue weighted by Gasteiger charge is -2.15. The maximum Gasteiger partial charge on any atom is 0.269 e. The second-order valence-corrected chi connectivity index (χ2v) is 8.22. The van der Waals surface area contributed by atoms with Gasteiger partial charge in [-0.1, -0.05) is 0 Å². The third kappa shape index (κ3) is 3.66. The number of methoxy groups -OCH3 is 2. The second-order valence-electron chi connectivity index (χ2n) is 8.22. The Kier molecular flexibility index (Phi) is 5.47. The molecule has 1 amide bonds. The molecule has 164 valence electrons. The highest BCUT2D eigenvalue weighted by Crippen LogP contribution is 2.39. The summed E-state index contributed by atoms with van der Waals surface area (Å²) in [6.07, 6.45) is 1.71. The summed E-state index contributed by atoms with van der Waals surface area (Å²) in [6.45, 7) is 8.18. The van der Waals surface area contributed by atoms with E-state index < -0.39 is 0 Å². The van der Waals surface area contributed by atoms with Crippen molar-refractivity contribution in [2.75, 3.05) is 14.2 Å². The molecule has 1 aliphatic rings. The van der Waals surface area contributed by atoms with E-state index in [-0.39, 0.29) is 18.0 Å². The van der Waals surface area contributed by atoms with Crippen LogP contribution < -0.4 is 14.8 Å². The fraction of sp³-hybridized carbons (Fsp3) is 0.435. The Morgan fingerprint density at radius 3 is 2.55 bits per heavy atom. The van der Waals surface area contributed by atoms with Crippen molar-refractivity contribution in [3.63, 3.8) is 0 Å². The minimum Gasteiger partial charge on any atom is -0.493 e. The summed E-state index contributed by atoms with van der Waals surface area (Å²) < 4.78 is 12.8. The number of amides is 1. The van der Waals surface area contributed by atoms with E-state index >= 15 is 0 Å². The highest BCUT2D eigenvalue weighted by atomic mass is 16.5. The first-order chi connectivity index (χ1) is 14.8. The van der Waals surface area contributed by atoms with Crippen molar-refractivity contribution in [1.29, 1.82) is 0 Å². The monoisotopic (exact) mass is 423 g/mol. The Morgan fingerprint density at radius 2 is 1.90 bits per heavy atom. The Bertz CT molecular complexity index is 1130. The minimum atomic E-state index is -0.182. The molecule has 0 aliphatic heterocycles. The molecule has 4 rings (SSSR count). The summed E-state index contributed by atoms with van der Waals surface area (Å²) in [5.74, 6) is 1.19. The van der Waals surface area contributed by atoms with Gasteiger partial charge in [-0.05, 0) is 69.9 Å². The average molecular weight is 424 g/mol. The van der Waals surface area contributed by atoms with Crippen molar-refractivity contribution in [1.82, 2.24) is 25.3 Å². The van der Waals surface area contributed by atoms with E-state index in [4.69, 9.17) is 9.47 Å². The van der Waals surface area contributed by atoms with Crippen molar-refractivity contribution in [3.8, 4) is 22.8 Å². The predicted molar refractivity (Wildman–Crippen MR) is 118 cm³/mol. The predicted octanol–water partition coefficient (Wildman–Crippen LogP) is 3.91. The van der Waals surface area contributed by atoms with Gasteiger partial charge in [0.05, 0.1) is 31.6 Å². The normalized spacial score (nSPS) is 15.3. The van der Waals surface area contributed by atoms with E-state index in [0.717, 1.165) is 41.1 Å². The average Bonchev–Trinajstić information content (AvgIpc) is 3.44. The van der Waals surface area contributed by atoms with Gasteiger partial charge in [0.1, 0.15) is 5.69 Å². The van der Waals surface area contributed by atoms with Gasteiger partial charge in [0, 0.05) is 17.3 Å². The lowest BCUT2D eigenvalue weighted by Crippen LogP contribution is -2.27. The molecule has 2 N–H and O–H groups in total. The van der Waals surface area contributed by atoms with Crippen LogP contribution in [0.4, 0.5) is 0 Å². The number of fused-ring (bicyclic) bond motifs is 1. The lowest BCUT2D eigenvalue weighted by atomic mass is 10.1. The Morgan fingerprint density at radius 1 is 1.19 bits per heavy atom. The number of ether oxygens (including phenoxy) is 2. The summed E-state index contributed by atoms with van der Waals surface area (Å²) in [4.78, 5) is 13.0. The molecule has 0 bridgehead atoms. The first-order valence-corrected chi connectivity index (χ1v) is 10.5. The number of carbonyl (C=O) groups excluding carboxylic acids is 1. The molecule has 2 aromatic heterocycles. The Hall–Kier alpha value is -3.29. The van der Waals surface area contributed by atoms with Gasteiger partial charge >= 0.3 is 0 Å². The van der Waals surface area contributed by atoms with E-state index in [1.807, 2.05) is 30.7 Å². The fourth-order valence-electron chi connectivity index (χ4n) is 4.42. The minimum absolute atomic E-state index is 0.0822. The number of hydrogen-bond donors (Lipinski definition) is 2. The highest BCUT2D eigenvalue weighted by molar-refractivity contribution is 5.93. The quantitative estimate of drug-likeness (QED) is 0.627. The number of aromatic amines is 1. The van der Waals surface area contributed by atoms with E-state index in [1.54, 1.807) is 20.3 Å². The molecule has 1 aromatic carbocycles. The molecule has 0 spiro atoms. The molecule has 1 aliphatic carbocycles. The molecule has 31 heavy (non-hydrogen) atoms. The molecule has 0 fully saturated rings. The molecule has 2 heterocycles. The van der Waals surface area contributed by atoms with Gasteiger partial charge in [-0.15, -0.1) is 0 Å². The van der Waals surface area contributed by atoms with Crippen LogP contribution in [0.5, 0.6) is 11.5 Å². The molecule has 1 atom stereocenters. The number of nitrogens with one attached hydrogen (secondary N) is 2. The molecule has 0 saturated carbocycles. The molecule has 0 radical (unpaired) electrons. The standard InChI is InChI=1S/C23H29N5O3/c1-12(2)28-14(4)22(13(3)27-28)18-11-19(26-25-18)23(29)24-17-8-7-15-9-20(30-5)21(31-6)10-16(15)17/h9-12,17H,7-8H2,1-6H3,(H,24,29)(H,25,26)/t17-/m0/s1. The summed E-state index contributed by atoms with van der Waals surface area (Å²) >= 11 is 0. The van der Waals surface area contributed by atoms with Gasteiger partial charge in [-0.2, -0.15) is 10.2 Å². The number of aryl methyl sites for hydroxylation is 2. The van der Waals surface area contributed by atoms with Crippen molar-refractivity contribution < 1.29 is 14.3 Å². The van der Waals surface area contributed by atoms with E-state index in [2.05, 4.69) is 34.5 Å². The van der Waals surface area contributed by atoms with Crippen LogP contribution in [0.2, 0.25) is 0 Å². The Labute approximate surface area is 181 Å². The summed E-state index contributed by atoms with van der Waals surface area (Å²) in [7, 11) is 3.24. The van der Waals surface area contributed by atoms with Crippen molar-refractivity contribution >= 4 is 5.91 Å². The SMILES string of the molecule is COc1cc2c(cc1OC)[C@@H](NC(=O)c1cc(-c3c(C)nn(C(C)C)c3C)n[nH]1)CC2. The smallest absolute Gasteiger partial charge is 0.269 e. The van der Waals surface area contributed by atoms with Crippen LogP contribution in [-0.4, -0.2) is 40.1 Å². The van der Waals surface area contributed by atoms with Crippen molar-refractivity contribution in [3.05, 3.63) is 46.4 Å². The van der Waals surface area contributed by atoms with Crippen molar-refractivity contribution in [2.45, 2.75) is 52.6 Å². The molecule has 3 aromatic rings. The van der Waals surface area contributed by atoms with Crippen LogP contribution in [0.15, 0.2) is 18.2 Å². The zero-order chi connectivity index (χ0) is 22.3. The largest absolute Gasteiger partial charge is 0.493 e. The van der Waals surface area contributed by atoms with E-state index in [0.29, 0.717) is 17.2 Å². The van der Waals surface area contributed by atoms with Crippen LogP contribution >= 0.6 is 0 Å². The number of hydrogen-bond acceptors (Lipinski definition) is 5. The van der Waals surface area contributed by atoms with Crippen LogP contribution in [0.1, 0.15) is 65.4 Å². The van der Waals surface area contributed by atoms with Crippen LogP contribution in [0.25, 0.3) is 11.3 Å². The maximum atomic E-state index is 13.0. The summed E-state index contributed by atoms with van der Waals surface area (Å²) in [5.41, 5.74) is 6.29. The highest BCUT2D eigenvalue weighted by Gasteiger charge is 2.27. The lowest BCUT2D eigenvalue weighted by molar-refractivity contribution is 0.0931. The number of rotatable bonds is 6. The first-order valence-electron chi connectivity index (χ1n) is 10.5. The molecule has 0 saturated heterocycles. The fourth-order valence-corrected chi connectivity index (χ4v) is 4.42. The van der Waals surface area contributed by atoms with Crippen LogP contribution in [0, 0.1) is 13.8 Å². The molecular formula is C23H29N5O3. The van der Waals surface area contributed by atoms with Gasteiger partial charge < -0.3 is 14.8 Å². The molecule has 0 unspecified atom stereocenters. The third-order valence-electron chi connectivity index (χ3n) is 5.92. The van der Waals surface area contributed by atoms with Crippen molar-refractivity contribution in [2.24, 2.45) is 0 Å². The number of benzene rings is 1. The van der Waals surface area contributed by atoms with E-state index in [1.165, 1.54) is 5.56 Å². The van der Waals surface area contributed by atoms with Gasteiger partial charge in [0.25, 0.3) is 5.91 Å². The van der Waals surface area contributed by atoms with Gasteiger partial charge in [-0.3, -0.25) is 14.6 Å². The molecule has 8 heteroatoms. The Balaban J connectivity index is 1.56. The summed E-state index contributed by atoms with van der Waals surface area (Å²) in [5, 5.41) is 15.0. The zero-order valence-electron chi connectivity index (χ0n) is 18.9. The molecule has 8 nitrogen and oxygen atoms in total. The van der Waals surface area contributed by atoms with Crippen LogP contribution in [0.3, 0.4) is 0 Å². The second kappa shape index (κ2) is 8.09. The zero-order valence-corrected chi connectivity index (χ0v) is 18.9. The van der Waals surface area contributed by atoms with Gasteiger partial charge in [-0.25, -0.2) is 0 Å². The summed E-state index contributed by atoms with van der Waals surface area (Å²) in [6, 6.07) is 5.92. The number of aromatic nitrogens is 4. The van der Waals surface area contributed by atoms with Gasteiger partial charge in [0.2, 0.25) is 0 Å². The number of nitrogens with zero attached hydrogens (tertiary/aromatic N) is 3. The number of carbonyl (C=O) groups is 1. The molecular weight excluding hydrogens is 394 g/mol.